The average Bonchev–Trinajstić information content (AvgIpc) is 3.08. The second-order valence-electron chi connectivity index (χ2n) is 8.36. The summed E-state index contributed by atoms with van der Waals surface area (Å²) in [5, 5.41) is 5.44. The van der Waals surface area contributed by atoms with E-state index >= 15 is 0 Å². The van der Waals surface area contributed by atoms with E-state index in [2.05, 4.69) is 10.6 Å². The molecule has 4 rings (SSSR count). The third kappa shape index (κ3) is 4.89. The van der Waals surface area contributed by atoms with Crippen molar-refractivity contribution < 1.29 is 19.2 Å². The van der Waals surface area contributed by atoms with Crippen LogP contribution in [0.5, 0.6) is 0 Å². The third-order valence-corrected chi connectivity index (χ3v) is 6.05. The average molecular weight is 449 g/mol. The van der Waals surface area contributed by atoms with Crippen molar-refractivity contribution in [2.75, 3.05) is 19.6 Å². The summed E-state index contributed by atoms with van der Waals surface area (Å²) in [6, 6.07) is 15.9. The number of urea groups is 1. The van der Waals surface area contributed by atoms with Crippen molar-refractivity contribution >= 4 is 23.8 Å². The van der Waals surface area contributed by atoms with E-state index in [9.17, 15) is 19.2 Å². The summed E-state index contributed by atoms with van der Waals surface area (Å²) in [7, 11) is 0. The number of piperazine rings is 1. The maximum Gasteiger partial charge on any atom is 0.324 e. The third-order valence-electron chi connectivity index (χ3n) is 6.05. The van der Waals surface area contributed by atoms with Gasteiger partial charge in [-0.15, -0.1) is 0 Å². The quantitative estimate of drug-likeness (QED) is 0.633. The molecule has 2 aromatic rings. The van der Waals surface area contributed by atoms with Crippen LogP contribution in [0.3, 0.4) is 0 Å². The standard InChI is InChI=1S/C25H28N4O4/c1-2-12-29-24(32)20(27-25(29)33)16-22(30)28-13-11-26-23(31)21(28)15-17-7-6-10-19(14-17)18-8-4-3-5-9-18/h3-10,14,20-21H,2,11-13,15-16H2,1H3,(H,26,31)(H,27,33). The molecule has 0 bridgehead atoms. The number of hydrogen-bond acceptors (Lipinski definition) is 4. The molecule has 2 aliphatic heterocycles. The lowest BCUT2D eigenvalue weighted by Gasteiger charge is -2.35. The van der Waals surface area contributed by atoms with E-state index in [1.807, 2.05) is 61.5 Å². The van der Waals surface area contributed by atoms with Gasteiger partial charge in [0, 0.05) is 26.1 Å². The Balaban J connectivity index is 1.48. The van der Waals surface area contributed by atoms with E-state index in [0.717, 1.165) is 21.6 Å². The number of imide groups is 1. The zero-order valence-electron chi connectivity index (χ0n) is 18.6. The summed E-state index contributed by atoms with van der Waals surface area (Å²) in [5.74, 6) is -0.913. The summed E-state index contributed by atoms with van der Waals surface area (Å²) in [4.78, 5) is 53.1. The topological polar surface area (TPSA) is 98.8 Å². The summed E-state index contributed by atoms with van der Waals surface area (Å²) in [6.07, 6.45) is 0.861. The molecule has 2 heterocycles. The van der Waals surface area contributed by atoms with Crippen molar-refractivity contribution in [3.05, 3.63) is 60.2 Å². The molecular weight excluding hydrogens is 420 g/mol. The summed E-state index contributed by atoms with van der Waals surface area (Å²) >= 11 is 0. The first-order chi connectivity index (χ1) is 16.0. The first-order valence-corrected chi connectivity index (χ1v) is 11.3. The fourth-order valence-electron chi connectivity index (χ4n) is 4.39. The lowest BCUT2D eigenvalue weighted by atomic mass is 9.97. The lowest BCUT2D eigenvalue weighted by molar-refractivity contribution is -0.144. The monoisotopic (exact) mass is 448 g/mol. The van der Waals surface area contributed by atoms with E-state index in [1.165, 1.54) is 4.90 Å². The number of rotatable bonds is 7. The molecule has 5 amide bonds. The predicted octanol–water partition coefficient (Wildman–Crippen LogP) is 1.94. The van der Waals surface area contributed by atoms with Crippen molar-refractivity contribution in [3.63, 3.8) is 0 Å². The van der Waals surface area contributed by atoms with Gasteiger partial charge >= 0.3 is 6.03 Å². The fourth-order valence-corrected chi connectivity index (χ4v) is 4.39. The van der Waals surface area contributed by atoms with Gasteiger partial charge in [0.25, 0.3) is 5.91 Å². The Kier molecular flexibility index (Phi) is 6.72. The second kappa shape index (κ2) is 9.85. The fraction of sp³-hybridized carbons (Fsp3) is 0.360. The SMILES string of the molecule is CCCN1C(=O)NC(CC(=O)N2CCNC(=O)C2Cc2cccc(-c3ccccc3)c2)C1=O. The first-order valence-electron chi connectivity index (χ1n) is 11.3. The van der Waals surface area contributed by atoms with Gasteiger partial charge in [0.15, 0.2) is 0 Å². The molecule has 2 atom stereocenters. The van der Waals surface area contributed by atoms with Crippen LogP contribution >= 0.6 is 0 Å². The molecule has 0 spiro atoms. The molecule has 2 N–H and O–H groups in total. The molecule has 8 heteroatoms. The van der Waals surface area contributed by atoms with E-state index < -0.39 is 18.1 Å². The van der Waals surface area contributed by atoms with Crippen LogP contribution in [-0.2, 0) is 20.8 Å². The molecule has 0 aliphatic carbocycles. The van der Waals surface area contributed by atoms with Crippen molar-refractivity contribution in [2.24, 2.45) is 0 Å². The molecule has 2 fully saturated rings. The predicted molar refractivity (Wildman–Crippen MR) is 123 cm³/mol. The molecule has 2 saturated heterocycles. The van der Waals surface area contributed by atoms with Crippen molar-refractivity contribution in [1.82, 2.24) is 20.4 Å². The maximum atomic E-state index is 13.1. The molecular formula is C25H28N4O4. The molecule has 0 aromatic heterocycles. The Morgan fingerprint density at radius 3 is 2.55 bits per heavy atom. The Bertz CT molecular complexity index is 1060. The molecule has 2 aliphatic rings. The van der Waals surface area contributed by atoms with Crippen LogP contribution < -0.4 is 10.6 Å². The van der Waals surface area contributed by atoms with Crippen LogP contribution in [0.25, 0.3) is 11.1 Å². The summed E-state index contributed by atoms with van der Waals surface area (Å²) < 4.78 is 0. The highest BCUT2D eigenvalue weighted by molar-refractivity contribution is 6.06. The number of carbonyl (C=O) groups is 4. The van der Waals surface area contributed by atoms with E-state index in [-0.39, 0.29) is 24.1 Å². The molecule has 33 heavy (non-hydrogen) atoms. The van der Waals surface area contributed by atoms with Gasteiger partial charge in [-0.05, 0) is 23.1 Å². The molecule has 0 saturated carbocycles. The molecule has 2 aromatic carbocycles. The summed E-state index contributed by atoms with van der Waals surface area (Å²) in [6.45, 7) is 2.92. The largest absolute Gasteiger partial charge is 0.353 e. The minimum Gasteiger partial charge on any atom is -0.353 e. The van der Waals surface area contributed by atoms with Gasteiger partial charge in [-0.1, -0.05) is 61.5 Å². The molecule has 0 radical (unpaired) electrons. The van der Waals surface area contributed by atoms with Gasteiger partial charge in [-0.25, -0.2) is 4.79 Å². The van der Waals surface area contributed by atoms with Gasteiger partial charge in [-0.2, -0.15) is 0 Å². The Morgan fingerprint density at radius 1 is 1.03 bits per heavy atom. The van der Waals surface area contributed by atoms with Gasteiger partial charge in [0.05, 0.1) is 6.42 Å². The van der Waals surface area contributed by atoms with Gasteiger partial charge in [-0.3, -0.25) is 19.3 Å². The van der Waals surface area contributed by atoms with E-state index in [1.54, 1.807) is 0 Å². The van der Waals surface area contributed by atoms with E-state index in [4.69, 9.17) is 0 Å². The Morgan fingerprint density at radius 2 is 1.79 bits per heavy atom. The zero-order chi connectivity index (χ0) is 23.4. The van der Waals surface area contributed by atoms with Crippen LogP contribution in [0.15, 0.2) is 54.6 Å². The second-order valence-corrected chi connectivity index (χ2v) is 8.36. The molecule has 8 nitrogen and oxygen atoms in total. The zero-order valence-corrected chi connectivity index (χ0v) is 18.6. The number of nitrogens with one attached hydrogen (secondary N) is 2. The Hall–Kier alpha value is -3.68. The van der Waals surface area contributed by atoms with Gasteiger partial charge in [0.2, 0.25) is 11.8 Å². The lowest BCUT2D eigenvalue weighted by Crippen LogP contribution is -2.58. The highest BCUT2D eigenvalue weighted by Gasteiger charge is 2.41. The minimum atomic E-state index is -0.886. The summed E-state index contributed by atoms with van der Waals surface area (Å²) in [5.41, 5.74) is 3.06. The van der Waals surface area contributed by atoms with Crippen LogP contribution in [0.4, 0.5) is 4.79 Å². The van der Waals surface area contributed by atoms with Crippen molar-refractivity contribution in [3.8, 4) is 11.1 Å². The number of hydrogen-bond donors (Lipinski definition) is 2. The Labute approximate surface area is 192 Å². The highest BCUT2D eigenvalue weighted by atomic mass is 16.2. The number of carbonyl (C=O) groups excluding carboxylic acids is 4. The van der Waals surface area contributed by atoms with E-state index in [0.29, 0.717) is 32.5 Å². The number of benzene rings is 2. The van der Waals surface area contributed by atoms with Crippen LogP contribution in [0.2, 0.25) is 0 Å². The first kappa shape index (κ1) is 22.5. The smallest absolute Gasteiger partial charge is 0.324 e. The normalized spacial score (nSPS) is 20.6. The number of nitrogens with zero attached hydrogens (tertiary/aromatic N) is 2. The minimum absolute atomic E-state index is 0.154. The van der Waals surface area contributed by atoms with Crippen LogP contribution in [0.1, 0.15) is 25.3 Å². The van der Waals surface area contributed by atoms with Gasteiger partial charge < -0.3 is 15.5 Å². The van der Waals surface area contributed by atoms with Crippen LogP contribution in [-0.4, -0.2) is 65.3 Å². The van der Waals surface area contributed by atoms with Gasteiger partial charge in [0.1, 0.15) is 12.1 Å². The molecule has 2 unspecified atom stereocenters. The van der Waals surface area contributed by atoms with Crippen molar-refractivity contribution in [2.45, 2.75) is 38.3 Å². The van der Waals surface area contributed by atoms with Crippen molar-refractivity contribution in [1.29, 1.82) is 0 Å². The number of amides is 5. The molecule has 172 valence electrons. The van der Waals surface area contributed by atoms with Crippen LogP contribution in [0, 0.1) is 0 Å². The highest BCUT2D eigenvalue weighted by Crippen LogP contribution is 2.22. The maximum absolute atomic E-state index is 13.1.